The third-order valence-corrected chi connectivity index (χ3v) is 4.51. The van der Waals surface area contributed by atoms with E-state index in [0.717, 1.165) is 38.7 Å². The van der Waals surface area contributed by atoms with Crippen LogP contribution in [-0.4, -0.2) is 49.3 Å². The predicted octanol–water partition coefficient (Wildman–Crippen LogP) is 2.47. The Balaban J connectivity index is 1.71. The lowest BCUT2D eigenvalue weighted by Gasteiger charge is -2.35. The summed E-state index contributed by atoms with van der Waals surface area (Å²) in [5, 5.41) is 0. The number of aromatic nitrogens is 1. The van der Waals surface area contributed by atoms with E-state index in [1.807, 2.05) is 0 Å². The third kappa shape index (κ3) is 2.96. The summed E-state index contributed by atoms with van der Waals surface area (Å²) in [7, 11) is 0. The van der Waals surface area contributed by atoms with Crippen LogP contribution in [0.2, 0.25) is 0 Å². The maximum Gasteiger partial charge on any atom is 0.128 e. The second-order valence-corrected chi connectivity index (χ2v) is 5.69. The monoisotopic (exact) mass is 275 g/mol. The molecule has 2 fully saturated rings. The Hall–Kier alpha value is -1.13. The first-order valence-corrected chi connectivity index (χ1v) is 7.91. The standard InChI is InChI=1S/C16H25N3O/c1-2-18-8-4-3-5-15(18)14-6-7-16(17-13-14)19-9-11-20-12-10-19/h6-7,13,15H,2-5,8-12H2,1H3/t15-/m1/s1. The number of anilines is 1. The fraction of sp³-hybridized carbons (Fsp3) is 0.688. The highest BCUT2D eigenvalue weighted by molar-refractivity contribution is 5.40. The van der Waals surface area contributed by atoms with Crippen molar-refractivity contribution in [3.05, 3.63) is 23.9 Å². The van der Waals surface area contributed by atoms with Crippen LogP contribution in [0.25, 0.3) is 0 Å². The van der Waals surface area contributed by atoms with Gasteiger partial charge in [-0.15, -0.1) is 0 Å². The molecule has 0 unspecified atom stereocenters. The van der Waals surface area contributed by atoms with Gasteiger partial charge in [-0.05, 0) is 37.6 Å². The molecule has 20 heavy (non-hydrogen) atoms. The molecule has 4 nitrogen and oxygen atoms in total. The van der Waals surface area contributed by atoms with Crippen LogP contribution in [0, 0.1) is 0 Å². The van der Waals surface area contributed by atoms with Crippen LogP contribution in [-0.2, 0) is 4.74 Å². The van der Waals surface area contributed by atoms with E-state index >= 15 is 0 Å². The highest BCUT2D eigenvalue weighted by atomic mass is 16.5. The minimum atomic E-state index is 0.569. The van der Waals surface area contributed by atoms with Gasteiger partial charge in [0.1, 0.15) is 5.82 Å². The van der Waals surface area contributed by atoms with E-state index in [-0.39, 0.29) is 0 Å². The summed E-state index contributed by atoms with van der Waals surface area (Å²) in [6.45, 7) is 8.16. The average molecular weight is 275 g/mol. The zero-order valence-electron chi connectivity index (χ0n) is 12.4. The van der Waals surface area contributed by atoms with Gasteiger partial charge >= 0.3 is 0 Å². The summed E-state index contributed by atoms with van der Waals surface area (Å²) in [4.78, 5) is 9.58. The zero-order chi connectivity index (χ0) is 13.8. The first-order valence-electron chi connectivity index (χ1n) is 7.91. The van der Waals surface area contributed by atoms with Gasteiger partial charge in [0, 0.05) is 25.3 Å². The van der Waals surface area contributed by atoms with E-state index in [9.17, 15) is 0 Å². The van der Waals surface area contributed by atoms with Crippen molar-refractivity contribution < 1.29 is 4.74 Å². The Morgan fingerprint density at radius 3 is 2.75 bits per heavy atom. The van der Waals surface area contributed by atoms with Crippen LogP contribution in [0.15, 0.2) is 18.3 Å². The summed E-state index contributed by atoms with van der Waals surface area (Å²) in [5.41, 5.74) is 1.38. The number of piperidine rings is 1. The van der Waals surface area contributed by atoms with E-state index in [4.69, 9.17) is 9.72 Å². The lowest BCUT2D eigenvalue weighted by atomic mass is 9.96. The normalized spacial score (nSPS) is 24.9. The number of likely N-dealkylation sites (tertiary alicyclic amines) is 1. The van der Waals surface area contributed by atoms with Gasteiger partial charge in [-0.25, -0.2) is 4.98 Å². The SMILES string of the molecule is CCN1CCCC[C@@H]1c1ccc(N2CCOCC2)nc1. The molecule has 0 bridgehead atoms. The van der Waals surface area contributed by atoms with Crippen molar-refractivity contribution in [2.45, 2.75) is 32.2 Å². The molecule has 4 heteroatoms. The van der Waals surface area contributed by atoms with Crippen LogP contribution >= 0.6 is 0 Å². The van der Waals surface area contributed by atoms with Gasteiger partial charge in [-0.1, -0.05) is 19.4 Å². The quantitative estimate of drug-likeness (QED) is 0.847. The number of pyridine rings is 1. The highest BCUT2D eigenvalue weighted by Gasteiger charge is 2.23. The topological polar surface area (TPSA) is 28.6 Å². The van der Waals surface area contributed by atoms with Gasteiger partial charge in [-0.2, -0.15) is 0 Å². The Morgan fingerprint density at radius 2 is 2.05 bits per heavy atom. The van der Waals surface area contributed by atoms with Crippen molar-refractivity contribution in [1.29, 1.82) is 0 Å². The molecule has 0 aliphatic carbocycles. The van der Waals surface area contributed by atoms with Crippen molar-refractivity contribution in [3.8, 4) is 0 Å². The lowest BCUT2D eigenvalue weighted by Crippen LogP contribution is -2.37. The molecule has 3 heterocycles. The van der Waals surface area contributed by atoms with Crippen LogP contribution in [0.4, 0.5) is 5.82 Å². The van der Waals surface area contributed by atoms with Gasteiger partial charge in [0.2, 0.25) is 0 Å². The maximum atomic E-state index is 5.39. The Kier molecular flexibility index (Phi) is 4.53. The summed E-state index contributed by atoms with van der Waals surface area (Å²) in [6, 6.07) is 5.03. The molecule has 0 N–H and O–H groups in total. The molecule has 110 valence electrons. The van der Waals surface area contributed by atoms with Crippen LogP contribution in [0.3, 0.4) is 0 Å². The Labute approximate surface area is 121 Å². The molecule has 0 spiro atoms. The predicted molar refractivity (Wildman–Crippen MR) is 81.1 cm³/mol. The van der Waals surface area contributed by atoms with E-state index in [0.29, 0.717) is 6.04 Å². The van der Waals surface area contributed by atoms with Crippen LogP contribution < -0.4 is 4.90 Å². The summed E-state index contributed by atoms with van der Waals surface area (Å²) in [5.74, 6) is 1.09. The Morgan fingerprint density at radius 1 is 1.20 bits per heavy atom. The largest absolute Gasteiger partial charge is 0.378 e. The summed E-state index contributed by atoms with van der Waals surface area (Å²) < 4.78 is 5.39. The molecule has 2 aliphatic heterocycles. The van der Waals surface area contributed by atoms with Gasteiger partial charge < -0.3 is 9.64 Å². The Bertz CT molecular complexity index is 414. The number of hydrogen-bond acceptors (Lipinski definition) is 4. The number of ether oxygens (including phenoxy) is 1. The first kappa shape index (κ1) is 13.8. The van der Waals surface area contributed by atoms with Gasteiger partial charge in [-0.3, -0.25) is 4.90 Å². The summed E-state index contributed by atoms with van der Waals surface area (Å²) in [6.07, 6.45) is 6.03. The molecule has 0 saturated carbocycles. The molecule has 1 aromatic heterocycles. The molecule has 1 atom stereocenters. The van der Waals surface area contributed by atoms with E-state index in [1.165, 1.54) is 31.4 Å². The fourth-order valence-electron chi connectivity index (χ4n) is 3.32. The van der Waals surface area contributed by atoms with Crippen molar-refractivity contribution in [2.75, 3.05) is 44.3 Å². The summed E-state index contributed by atoms with van der Waals surface area (Å²) >= 11 is 0. The van der Waals surface area contributed by atoms with Gasteiger partial charge in [0.15, 0.2) is 0 Å². The first-order chi connectivity index (χ1) is 9.88. The van der Waals surface area contributed by atoms with Crippen LogP contribution in [0.5, 0.6) is 0 Å². The molecule has 0 radical (unpaired) electrons. The average Bonchev–Trinajstić information content (AvgIpc) is 2.56. The minimum absolute atomic E-state index is 0.569. The van der Waals surface area contributed by atoms with Gasteiger partial charge in [0.25, 0.3) is 0 Å². The molecule has 2 aliphatic rings. The van der Waals surface area contributed by atoms with E-state index < -0.39 is 0 Å². The lowest BCUT2D eigenvalue weighted by molar-refractivity contribution is 0.122. The van der Waals surface area contributed by atoms with Crippen molar-refractivity contribution in [1.82, 2.24) is 9.88 Å². The van der Waals surface area contributed by atoms with E-state index in [1.54, 1.807) is 0 Å². The van der Waals surface area contributed by atoms with E-state index in [2.05, 4.69) is 35.1 Å². The van der Waals surface area contributed by atoms with Crippen LogP contribution in [0.1, 0.15) is 37.8 Å². The third-order valence-electron chi connectivity index (χ3n) is 4.51. The maximum absolute atomic E-state index is 5.39. The minimum Gasteiger partial charge on any atom is -0.378 e. The van der Waals surface area contributed by atoms with Crippen molar-refractivity contribution >= 4 is 5.82 Å². The molecule has 1 aromatic rings. The smallest absolute Gasteiger partial charge is 0.128 e. The molecule has 0 amide bonds. The second-order valence-electron chi connectivity index (χ2n) is 5.69. The van der Waals surface area contributed by atoms with Gasteiger partial charge in [0.05, 0.1) is 13.2 Å². The number of nitrogens with zero attached hydrogens (tertiary/aromatic N) is 3. The molecule has 3 rings (SSSR count). The molecule has 2 saturated heterocycles. The number of rotatable bonds is 3. The molecular weight excluding hydrogens is 250 g/mol. The van der Waals surface area contributed by atoms with Crippen molar-refractivity contribution in [2.24, 2.45) is 0 Å². The molecule has 0 aromatic carbocycles. The second kappa shape index (κ2) is 6.55. The fourth-order valence-corrected chi connectivity index (χ4v) is 3.32. The zero-order valence-corrected chi connectivity index (χ0v) is 12.4. The van der Waals surface area contributed by atoms with Crippen molar-refractivity contribution in [3.63, 3.8) is 0 Å². The number of hydrogen-bond donors (Lipinski definition) is 0. The molecular formula is C16H25N3O. The highest BCUT2D eigenvalue weighted by Crippen LogP contribution is 2.30. The number of morpholine rings is 1.